The Hall–Kier alpha value is -1.32. The highest BCUT2D eigenvalue weighted by Crippen LogP contribution is 2.35. The molecule has 16 heavy (non-hydrogen) atoms. The van der Waals surface area contributed by atoms with Crippen molar-refractivity contribution in [1.82, 2.24) is 4.37 Å². The summed E-state index contributed by atoms with van der Waals surface area (Å²) in [6.07, 6.45) is 2.87. The van der Waals surface area contributed by atoms with Crippen LogP contribution in [0.25, 0.3) is 0 Å². The predicted molar refractivity (Wildman–Crippen MR) is 61.3 cm³/mol. The third-order valence-electron chi connectivity index (χ3n) is 3.14. The van der Waals surface area contributed by atoms with Gasteiger partial charge in [-0.1, -0.05) is 0 Å². The van der Waals surface area contributed by atoms with E-state index in [-0.39, 0.29) is 0 Å². The van der Waals surface area contributed by atoms with Crippen molar-refractivity contribution < 1.29 is 4.74 Å². The van der Waals surface area contributed by atoms with Gasteiger partial charge >= 0.3 is 0 Å². The van der Waals surface area contributed by atoms with E-state index in [1.807, 2.05) is 0 Å². The normalized spacial score (nSPS) is 28.1. The number of nitrogens with zero attached hydrogens (tertiary/aromatic N) is 3. The van der Waals surface area contributed by atoms with Gasteiger partial charge in [0, 0.05) is 13.1 Å². The van der Waals surface area contributed by atoms with Crippen LogP contribution in [0.4, 0.5) is 10.8 Å². The van der Waals surface area contributed by atoms with Gasteiger partial charge in [0.05, 0.1) is 12.2 Å². The number of aromatic nitrogens is 1. The fourth-order valence-electron chi connectivity index (χ4n) is 2.39. The predicted octanol–water partition coefficient (Wildman–Crippen LogP) is 0.965. The third-order valence-corrected chi connectivity index (χ3v) is 4.07. The second-order valence-electron chi connectivity index (χ2n) is 4.22. The summed E-state index contributed by atoms with van der Waals surface area (Å²) in [5, 5.41) is 9.95. The van der Waals surface area contributed by atoms with Crippen LogP contribution >= 0.6 is 11.5 Å². The highest BCUT2D eigenvalue weighted by atomic mass is 32.1. The van der Waals surface area contributed by atoms with Gasteiger partial charge in [-0.3, -0.25) is 0 Å². The molecule has 1 aromatic heterocycles. The molecule has 0 aromatic carbocycles. The number of ether oxygens (including phenoxy) is 1. The van der Waals surface area contributed by atoms with Gasteiger partial charge in [0.2, 0.25) is 0 Å². The number of nitriles is 1. The first-order chi connectivity index (χ1) is 7.78. The molecule has 1 aromatic rings. The van der Waals surface area contributed by atoms with E-state index in [0.29, 0.717) is 23.6 Å². The quantitative estimate of drug-likeness (QED) is 0.786. The molecule has 3 heterocycles. The largest absolute Gasteiger partial charge is 0.382 e. The van der Waals surface area contributed by atoms with Crippen molar-refractivity contribution in [2.75, 3.05) is 23.7 Å². The van der Waals surface area contributed by atoms with Crippen molar-refractivity contribution in [1.29, 1.82) is 5.26 Å². The highest BCUT2D eigenvalue weighted by Gasteiger charge is 2.35. The molecule has 2 N–H and O–H groups in total. The maximum atomic E-state index is 9.04. The average molecular weight is 236 g/mol. The molecule has 2 aliphatic rings. The Morgan fingerprint density at radius 1 is 1.44 bits per heavy atom. The molecule has 2 unspecified atom stereocenters. The number of anilines is 2. The average Bonchev–Trinajstić information content (AvgIpc) is 2.82. The zero-order valence-corrected chi connectivity index (χ0v) is 9.54. The van der Waals surface area contributed by atoms with Crippen LogP contribution in [-0.4, -0.2) is 29.7 Å². The molecule has 2 saturated heterocycles. The highest BCUT2D eigenvalue weighted by molar-refractivity contribution is 7.10. The summed E-state index contributed by atoms with van der Waals surface area (Å²) in [4.78, 5) is 2.19. The van der Waals surface area contributed by atoms with Crippen LogP contribution in [0.15, 0.2) is 0 Å². The number of nitrogen functional groups attached to an aromatic ring is 1. The van der Waals surface area contributed by atoms with Crippen molar-refractivity contribution in [2.24, 2.45) is 0 Å². The van der Waals surface area contributed by atoms with Crippen LogP contribution in [0.5, 0.6) is 0 Å². The number of hydrogen-bond acceptors (Lipinski definition) is 6. The molecular weight excluding hydrogens is 224 g/mol. The molecule has 2 bridgehead atoms. The number of hydrogen-bond donors (Lipinski definition) is 1. The summed E-state index contributed by atoms with van der Waals surface area (Å²) in [6, 6.07) is 2.13. The zero-order chi connectivity index (χ0) is 11.1. The Morgan fingerprint density at radius 2 is 2.12 bits per heavy atom. The Kier molecular flexibility index (Phi) is 2.23. The molecule has 2 atom stereocenters. The maximum absolute atomic E-state index is 9.04. The lowest BCUT2D eigenvalue weighted by Gasteiger charge is -2.32. The molecule has 0 amide bonds. The van der Waals surface area contributed by atoms with Gasteiger partial charge < -0.3 is 15.4 Å². The Morgan fingerprint density at radius 3 is 2.75 bits per heavy atom. The summed E-state index contributed by atoms with van der Waals surface area (Å²) in [7, 11) is 0. The lowest BCUT2D eigenvalue weighted by atomic mass is 10.2. The zero-order valence-electron chi connectivity index (χ0n) is 8.72. The van der Waals surface area contributed by atoms with Crippen LogP contribution in [0, 0.1) is 11.3 Å². The Balaban J connectivity index is 1.90. The first kappa shape index (κ1) is 9.87. The van der Waals surface area contributed by atoms with E-state index in [4.69, 9.17) is 15.7 Å². The molecule has 0 saturated carbocycles. The molecular formula is C10H12N4OS. The molecule has 6 heteroatoms. The van der Waals surface area contributed by atoms with Gasteiger partial charge in [-0.25, -0.2) is 0 Å². The van der Waals surface area contributed by atoms with E-state index in [9.17, 15) is 0 Å². The standard InChI is InChI=1S/C10H12N4OS/c11-3-8-9(12)13-16-10(8)14-4-6-1-2-7(5-14)15-6/h6-7H,1-2,4-5H2,(H2,12,13). The van der Waals surface area contributed by atoms with Gasteiger partial charge in [0.15, 0.2) is 5.82 Å². The lowest BCUT2D eigenvalue weighted by molar-refractivity contribution is 0.0307. The number of rotatable bonds is 1. The number of morpholine rings is 1. The second-order valence-corrected chi connectivity index (χ2v) is 4.97. The van der Waals surface area contributed by atoms with Gasteiger partial charge in [-0.05, 0) is 24.4 Å². The molecule has 2 aliphatic heterocycles. The minimum Gasteiger partial charge on any atom is -0.382 e. The van der Waals surface area contributed by atoms with Crippen molar-refractivity contribution >= 4 is 22.4 Å². The van der Waals surface area contributed by atoms with E-state index >= 15 is 0 Å². The Bertz CT molecular complexity index is 440. The topological polar surface area (TPSA) is 75.2 Å². The van der Waals surface area contributed by atoms with Crippen LogP contribution in [0.2, 0.25) is 0 Å². The fourth-order valence-corrected chi connectivity index (χ4v) is 3.18. The van der Waals surface area contributed by atoms with Crippen molar-refractivity contribution in [3.8, 4) is 6.07 Å². The number of fused-ring (bicyclic) bond motifs is 2. The smallest absolute Gasteiger partial charge is 0.157 e. The van der Waals surface area contributed by atoms with Crippen molar-refractivity contribution in [3.05, 3.63) is 5.56 Å². The fraction of sp³-hybridized carbons (Fsp3) is 0.600. The van der Waals surface area contributed by atoms with E-state index in [1.54, 1.807) is 0 Å². The summed E-state index contributed by atoms with van der Waals surface area (Å²) in [5.41, 5.74) is 6.18. The third kappa shape index (κ3) is 1.44. The van der Waals surface area contributed by atoms with E-state index in [2.05, 4.69) is 15.3 Å². The van der Waals surface area contributed by atoms with Crippen molar-refractivity contribution in [2.45, 2.75) is 25.0 Å². The van der Waals surface area contributed by atoms with Gasteiger partial charge in [0.25, 0.3) is 0 Å². The van der Waals surface area contributed by atoms with Crippen LogP contribution in [0.3, 0.4) is 0 Å². The molecule has 0 spiro atoms. The minimum atomic E-state index is 0.314. The first-order valence-corrected chi connectivity index (χ1v) is 6.11. The first-order valence-electron chi connectivity index (χ1n) is 5.33. The van der Waals surface area contributed by atoms with Gasteiger partial charge in [-0.15, -0.1) is 0 Å². The molecule has 5 nitrogen and oxygen atoms in total. The molecule has 2 fully saturated rings. The molecule has 3 rings (SSSR count). The van der Waals surface area contributed by atoms with E-state index in [0.717, 1.165) is 30.9 Å². The lowest BCUT2D eigenvalue weighted by Crippen LogP contribution is -2.42. The summed E-state index contributed by atoms with van der Waals surface area (Å²) in [5.74, 6) is 0.348. The monoisotopic (exact) mass is 236 g/mol. The number of nitrogens with two attached hydrogens (primary N) is 1. The summed E-state index contributed by atoms with van der Waals surface area (Å²) < 4.78 is 9.81. The van der Waals surface area contributed by atoms with Crippen molar-refractivity contribution in [3.63, 3.8) is 0 Å². The minimum absolute atomic E-state index is 0.314. The van der Waals surface area contributed by atoms with E-state index in [1.165, 1.54) is 11.5 Å². The van der Waals surface area contributed by atoms with Crippen LogP contribution in [-0.2, 0) is 4.74 Å². The molecule has 84 valence electrons. The SMILES string of the molecule is N#Cc1c(N)nsc1N1CC2CCC(C1)O2. The summed E-state index contributed by atoms with van der Waals surface area (Å²) >= 11 is 1.31. The van der Waals surface area contributed by atoms with Gasteiger partial charge in [-0.2, -0.15) is 9.64 Å². The van der Waals surface area contributed by atoms with Crippen LogP contribution < -0.4 is 10.6 Å². The van der Waals surface area contributed by atoms with E-state index < -0.39 is 0 Å². The van der Waals surface area contributed by atoms with Gasteiger partial charge in [0.1, 0.15) is 16.6 Å². The maximum Gasteiger partial charge on any atom is 0.157 e. The Labute approximate surface area is 97.6 Å². The molecule has 0 radical (unpaired) electrons. The van der Waals surface area contributed by atoms with Crippen LogP contribution in [0.1, 0.15) is 18.4 Å². The summed E-state index contributed by atoms with van der Waals surface area (Å²) in [6.45, 7) is 1.71. The molecule has 0 aliphatic carbocycles. The second kappa shape index (κ2) is 3.61.